The van der Waals surface area contributed by atoms with Crippen LogP contribution in [0.3, 0.4) is 0 Å². The van der Waals surface area contributed by atoms with Crippen molar-refractivity contribution >= 4 is 11.6 Å². The normalized spacial score (nSPS) is 13.1. The minimum absolute atomic E-state index is 0.0151. The molecule has 1 heterocycles. The van der Waals surface area contributed by atoms with Gasteiger partial charge in [0, 0.05) is 29.9 Å². The van der Waals surface area contributed by atoms with Crippen molar-refractivity contribution in [2.75, 3.05) is 26.5 Å². The first-order valence-corrected chi connectivity index (χ1v) is 8.59. The Morgan fingerprint density at radius 1 is 1.23 bits per heavy atom. The van der Waals surface area contributed by atoms with E-state index in [0.717, 1.165) is 23.2 Å². The number of carbonyl (C=O) groups excluding carboxylic acids is 1. The van der Waals surface area contributed by atoms with E-state index in [2.05, 4.69) is 6.58 Å². The molecular formula is C21H24N2O3. The summed E-state index contributed by atoms with van der Waals surface area (Å²) in [5, 5.41) is 0. The standard InChI is InChI=1S/C21H24N2O3/c1-4-5-15-10-17(12-19(25-2)20(15)26-3)21(24)23-9-8-14-11-18(22)7-6-16(14)13-23/h4,6-7,10-12H,1,5,8-9,13,22H2,2-3H3. The summed E-state index contributed by atoms with van der Waals surface area (Å²) in [6, 6.07) is 9.49. The number of fused-ring (bicyclic) bond motifs is 1. The lowest BCUT2D eigenvalue weighted by molar-refractivity contribution is 0.0734. The van der Waals surface area contributed by atoms with E-state index in [9.17, 15) is 4.79 Å². The van der Waals surface area contributed by atoms with Gasteiger partial charge in [-0.25, -0.2) is 0 Å². The predicted octanol–water partition coefficient (Wildman–Crippen LogP) is 3.21. The van der Waals surface area contributed by atoms with E-state index in [1.54, 1.807) is 26.4 Å². The summed E-state index contributed by atoms with van der Waals surface area (Å²) < 4.78 is 10.9. The summed E-state index contributed by atoms with van der Waals surface area (Å²) in [5.41, 5.74) is 10.5. The van der Waals surface area contributed by atoms with Gasteiger partial charge in [0.15, 0.2) is 11.5 Å². The lowest BCUT2D eigenvalue weighted by Gasteiger charge is -2.29. The third kappa shape index (κ3) is 3.38. The molecule has 3 rings (SSSR count). The molecule has 1 aliphatic heterocycles. The fraction of sp³-hybridized carbons (Fsp3) is 0.286. The Morgan fingerprint density at radius 2 is 2.04 bits per heavy atom. The zero-order chi connectivity index (χ0) is 18.7. The van der Waals surface area contributed by atoms with Gasteiger partial charge in [-0.15, -0.1) is 6.58 Å². The van der Waals surface area contributed by atoms with Crippen LogP contribution in [0, 0.1) is 0 Å². The van der Waals surface area contributed by atoms with Crippen molar-refractivity contribution in [3.05, 3.63) is 65.2 Å². The first-order valence-electron chi connectivity index (χ1n) is 8.59. The maximum atomic E-state index is 13.1. The number of allylic oxidation sites excluding steroid dienone is 1. The number of nitrogen functional groups attached to an aromatic ring is 1. The molecule has 2 aromatic carbocycles. The Kier molecular flexibility index (Phi) is 5.16. The number of nitrogens with two attached hydrogens (primary N) is 1. The molecule has 136 valence electrons. The minimum Gasteiger partial charge on any atom is -0.493 e. The highest BCUT2D eigenvalue weighted by atomic mass is 16.5. The number of rotatable bonds is 5. The lowest BCUT2D eigenvalue weighted by atomic mass is 9.98. The van der Waals surface area contributed by atoms with Crippen molar-refractivity contribution in [3.8, 4) is 11.5 Å². The van der Waals surface area contributed by atoms with Gasteiger partial charge in [-0.05, 0) is 48.2 Å². The van der Waals surface area contributed by atoms with E-state index in [4.69, 9.17) is 15.2 Å². The van der Waals surface area contributed by atoms with Gasteiger partial charge in [0.1, 0.15) is 0 Å². The van der Waals surface area contributed by atoms with Gasteiger partial charge in [-0.1, -0.05) is 12.1 Å². The fourth-order valence-corrected chi connectivity index (χ4v) is 3.40. The number of carbonyl (C=O) groups is 1. The number of methoxy groups -OCH3 is 2. The van der Waals surface area contributed by atoms with Crippen molar-refractivity contribution in [2.24, 2.45) is 0 Å². The zero-order valence-corrected chi connectivity index (χ0v) is 15.2. The number of amides is 1. The Hall–Kier alpha value is -2.95. The molecule has 26 heavy (non-hydrogen) atoms. The van der Waals surface area contributed by atoms with Crippen molar-refractivity contribution in [3.63, 3.8) is 0 Å². The maximum absolute atomic E-state index is 13.1. The highest BCUT2D eigenvalue weighted by molar-refractivity contribution is 5.95. The molecule has 0 aliphatic carbocycles. The fourth-order valence-electron chi connectivity index (χ4n) is 3.40. The van der Waals surface area contributed by atoms with Crippen LogP contribution in [0.25, 0.3) is 0 Å². The van der Waals surface area contributed by atoms with Crippen molar-refractivity contribution < 1.29 is 14.3 Å². The zero-order valence-electron chi connectivity index (χ0n) is 15.2. The molecule has 0 saturated heterocycles. The lowest BCUT2D eigenvalue weighted by Crippen LogP contribution is -2.36. The van der Waals surface area contributed by atoms with Crippen LogP contribution in [0.5, 0.6) is 11.5 Å². The molecule has 0 saturated carbocycles. The number of nitrogens with zero attached hydrogens (tertiary/aromatic N) is 1. The predicted molar refractivity (Wildman–Crippen MR) is 103 cm³/mol. The summed E-state index contributed by atoms with van der Waals surface area (Å²) in [7, 11) is 3.17. The van der Waals surface area contributed by atoms with E-state index in [0.29, 0.717) is 36.6 Å². The molecule has 0 unspecified atom stereocenters. The van der Waals surface area contributed by atoms with Gasteiger partial charge in [-0.3, -0.25) is 4.79 Å². The number of hydrogen-bond acceptors (Lipinski definition) is 4. The Bertz CT molecular complexity index is 845. The molecule has 1 aliphatic rings. The second kappa shape index (κ2) is 7.52. The quantitative estimate of drug-likeness (QED) is 0.663. The van der Waals surface area contributed by atoms with E-state index < -0.39 is 0 Å². The highest BCUT2D eigenvalue weighted by Crippen LogP contribution is 2.34. The van der Waals surface area contributed by atoms with Crippen molar-refractivity contribution in [1.29, 1.82) is 0 Å². The van der Waals surface area contributed by atoms with Crippen molar-refractivity contribution in [2.45, 2.75) is 19.4 Å². The molecule has 5 heteroatoms. The third-order valence-electron chi connectivity index (χ3n) is 4.70. The van der Waals surface area contributed by atoms with E-state index >= 15 is 0 Å². The Labute approximate surface area is 154 Å². The molecule has 2 N–H and O–H groups in total. The third-order valence-corrected chi connectivity index (χ3v) is 4.70. The van der Waals surface area contributed by atoms with Crippen molar-refractivity contribution in [1.82, 2.24) is 4.90 Å². The van der Waals surface area contributed by atoms with Crippen LogP contribution in [0.2, 0.25) is 0 Å². The van der Waals surface area contributed by atoms with Crippen LogP contribution in [0.1, 0.15) is 27.0 Å². The molecular weight excluding hydrogens is 328 g/mol. The minimum atomic E-state index is -0.0151. The molecule has 0 aromatic heterocycles. The first kappa shape index (κ1) is 17.9. The van der Waals surface area contributed by atoms with Gasteiger partial charge < -0.3 is 20.1 Å². The maximum Gasteiger partial charge on any atom is 0.254 e. The van der Waals surface area contributed by atoms with Crippen LogP contribution in [-0.2, 0) is 19.4 Å². The summed E-state index contributed by atoms with van der Waals surface area (Å²) in [4.78, 5) is 14.9. The second-order valence-corrected chi connectivity index (χ2v) is 6.37. The van der Waals surface area contributed by atoms with Gasteiger partial charge in [0.2, 0.25) is 0 Å². The molecule has 5 nitrogen and oxygen atoms in total. The number of benzene rings is 2. The van der Waals surface area contributed by atoms with Crippen LogP contribution in [0.15, 0.2) is 43.0 Å². The second-order valence-electron chi connectivity index (χ2n) is 6.37. The first-order chi connectivity index (χ1) is 12.6. The topological polar surface area (TPSA) is 64.8 Å². The van der Waals surface area contributed by atoms with Gasteiger partial charge in [-0.2, -0.15) is 0 Å². The highest BCUT2D eigenvalue weighted by Gasteiger charge is 2.24. The van der Waals surface area contributed by atoms with E-state index in [1.165, 1.54) is 5.56 Å². The summed E-state index contributed by atoms with van der Waals surface area (Å²) in [6.07, 6.45) is 3.19. The molecule has 0 spiro atoms. The van der Waals surface area contributed by atoms with Gasteiger partial charge in [0.05, 0.1) is 14.2 Å². The Balaban J connectivity index is 1.91. The monoisotopic (exact) mass is 352 g/mol. The molecule has 0 fully saturated rings. The number of ether oxygens (including phenoxy) is 2. The van der Waals surface area contributed by atoms with Crippen LogP contribution < -0.4 is 15.2 Å². The number of anilines is 1. The largest absolute Gasteiger partial charge is 0.493 e. The smallest absolute Gasteiger partial charge is 0.254 e. The van der Waals surface area contributed by atoms with Crippen LogP contribution >= 0.6 is 0 Å². The van der Waals surface area contributed by atoms with Crippen LogP contribution in [-0.4, -0.2) is 31.6 Å². The SMILES string of the molecule is C=CCc1cc(C(=O)N2CCc3cc(N)ccc3C2)cc(OC)c1OC. The average molecular weight is 352 g/mol. The molecule has 0 atom stereocenters. The number of hydrogen-bond donors (Lipinski definition) is 1. The van der Waals surface area contributed by atoms with Crippen LogP contribution in [0.4, 0.5) is 5.69 Å². The molecule has 0 radical (unpaired) electrons. The Morgan fingerprint density at radius 3 is 2.73 bits per heavy atom. The summed E-state index contributed by atoms with van der Waals surface area (Å²) >= 11 is 0. The van der Waals surface area contributed by atoms with Gasteiger partial charge >= 0.3 is 0 Å². The molecule has 0 bridgehead atoms. The average Bonchev–Trinajstić information content (AvgIpc) is 2.66. The van der Waals surface area contributed by atoms with E-state index in [1.807, 2.05) is 29.2 Å². The molecule has 1 amide bonds. The van der Waals surface area contributed by atoms with E-state index in [-0.39, 0.29) is 5.91 Å². The van der Waals surface area contributed by atoms with Gasteiger partial charge in [0.25, 0.3) is 5.91 Å². The summed E-state index contributed by atoms with van der Waals surface area (Å²) in [5.74, 6) is 1.18. The molecule has 2 aromatic rings. The summed E-state index contributed by atoms with van der Waals surface area (Å²) in [6.45, 7) is 5.03.